The third kappa shape index (κ3) is 12.5. The van der Waals surface area contributed by atoms with Crippen molar-refractivity contribution in [2.75, 3.05) is 53.1 Å². The summed E-state index contributed by atoms with van der Waals surface area (Å²) in [6.07, 6.45) is 0.365. The van der Waals surface area contributed by atoms with Gasteiger partial charge in [-0.05, 0) is 40.5 Å². The highest BCUT2D eigenvalue weighted by Gasteiger charge is 2.32. The first-order chi connectivity index (χ1) is 17.7. The van der Waals surface area contributed by atoms with Gasteiger partial charge in [0.05, 0.1) is 32.8 Å². The van der Waals surface area contributed by atoms with E-state index < -0.39 is 35.6 Å². The molecule has 0 aliphatic carbocycles. The number of carboxylic acids is 2. The maximum Gasteiger partial charge on any atom is 0.410 e. The molecule has 1 saturated heterocycles. The van der Waals surface area contributed by atoms with E-state index in [2.05, 4.69) is 0 Å². The molecule has 1 rings (SSSR count). The fourth-order valence-corrected chi connectivity index (χ4v) is 3.76. The highest BCUT2D eigenvalue weighted by Crippen LogP contribution is 2.20. The Hall–Kier alpha value is -2.93. The van der Waals surface area contributed by atoms with Crippen molar-refractivity contribution in [2.45, 2.75) is 77.5 Å². The van der Waals surface area contributed by atoms with Crippen molar-refractivity contribution in [2.24, 2.45) is 0 Å². The second-order valence-corrected chi connectivity index (χ2v) is 10.2. The largest absolute Gasteiger partial charge is 0.481 e. The fraction of sp³-hybridized carbons (Fsp3) is 0.800. The zero-order chi connectivity index (χ0) is 28.9. The second-order valence-electron chi connectivity index (χ2n) is 10.2. The van der Waals surface area contributed by atoms with Crippen LogP contribution in [0.15, 0.2) is 0 Å². The van der Waals surface area contributed by atoms with E-state index >= 15 is 0 Å². The summed E-state index contributed by atoms with van der Waals surface area (Å²) in [7, 11) is 1.39. The number of aliphatic carboxylic acids is 2. The van der Waals surface area contributed by atoms with Gasteiger partial charge in [-0.1, -0.05) is 0 Å². The molecule has 1 heterocycles. The molecule has 1 atom stereocenters. The number of carbonyl (C=O) groups excluding carboxylic acids is 3. The quantitative estimate of drug-likeness (QED) is 0.288. The van der Waals surface area contributed by atoms with Crippen LogP contribution in [0.3, 0.4) is 0 Å². The first-order valence-electron chi connectivity index (χ1n) is 12.9. The number of hydrogen-bond donors (Lipinski definition) is 2. The monoisotopic (exact) mass is 545 g/mol. The van der Waals surface area contributed by atoms with Crippen LogP contribution in [0.4, 0.5) is 4.79 Å². The van der Waals surface area contributed by atoms with Gasteiger partial charge in [0.15, 0.2) is 0 Å². The van der Waals surface area contributed by atoms with Gasteiger partial charge in [0.2, 0.25) is 11.8 Å². The predicted molar refractivity (Wildman–Crippen MR) is 136 cm³/mol. The van der Waals surface area contributed by atoms with Crippen LogP contribution in [0.5, 0.6) is 0 Å². The van der Waals surface area contributed by atoms with Crippen molar-refractivity contribution in [3.05, 3.63) is 0 Å². The van der Waals surface area contributed by atoms with Crippen LogP contribution in [-0.4, -0.2) is 126 Å². The average molecular weight is 546 g/mol. The summed E-state index contributed by atoms with van der Waals surface area (Å²) in [4.78, 5) is 64.0. The van der Waals surface area contributed by atoms with Crippen molar-refractivity contribution in [3.8, 4) is 0 Å². The minimum Gasteiger partial charge on any atom is -0.481 e. The molecule has 1 aliphatic heterocycles. The lowest BCUT2D eigenvalue weighted by atomic mass is 10.0. The summed E-state index contributed by atoms with van der Waals surface area (Å²) in [6, 6.07) is -1.17. The van der Waals surface area contributed by atoms with Crippen LogP contribution in [-0.2, 0) is 33.4 Å². The Bertz CT molecular complexity index is 806. The maximum absolute atomic E-state index is 13.1. The number of amides is 3. The predicted octanol–water partition coefficient (Wildman–Crippen LogP) is 1.43. The number of likely N-dealkylation sites (tertiary alicyclic amines) is 1. The summed E-state index contributed by atoms with van der Waals surface area (Å²) >= 11 is 0. The third-order valence-electron chi connectivity index (χ3n) is 6.07. The van der Waals surface area contributed by atoms with Crippen molar-refractivity contribution in [1.29, 1.82) is 0 Å². The van der Waals surface area contributed by atoms with Gasteiger partial charge < -0.3 is 39.1 Å². The molecular weight excluding hydrogens is 502 g/mol. The molecule has 0 saturated carbocycles. The number of hydrogen-bond acceptors (Lipinski definition) is 8. The van der Waals surface area contributed by atoms with Crippen molar-refractivity contribution in [3.63, 3.8) is 0 Å². The lowest BCUT2D eigenvalue weighted by molar-refractivity contribution is -0.148. The Morgan fingerprint density at radius 1 is 0.895 bits per heavy atom. The number of ether oxygens (including phenoxy) is 3. The zero-order valence-electron chi connectivity index (χ0n) is 23.1. The molecule has 0 aromatic heterocycles. The van der Waals surface area contributed by atoms with Gasteiger partial charge in [-0.25, -0.2) is 9.59 Å². The van der Waals surface area contributed by atoms with Gasteiger partial charge in [-0.15, -0.1) is 0 Å². The normalized spacial score (nSPS) is 15.0. The summed E-state index contributed by atoms with van der Waals surface area (Å²) < 4.78 is 16.2. The molecule has 0 bridgehead atoms. The van der Waals surface area contributed by atoms with Crippen LogP contribution in [0.2, 0.25) is 0 Å². The molecule has 0 aromatic carbocycles. The van der Waals surface area contributed by atoms with Crippen LogP contribution in [0, 0.1) is 0 Å². The molecule has 13 heteroatoms. The lowest BCUT2D eigenvalue weighted by Gasteiger charge is -2.39. The van der Waals surface area contributed by atoms with E-state index in [1.165, 1.54) is 14.0 Å². The Labute approximate surface area is 224 Å². The zero-order valence-corrected chi connectivity index (χ0v) is 23.1. The Kier molecular flexibility index (Phi) is 14.0. The molecule has 1 aliphatic rings. The minimum atomic E-state index is -1.13. The van der Waals surface area contributed by atoms with E-state index in [1.807, 2.05) is 0 Å². The summed E-state index contributed by atoms with van der Waals surface area (Å²) in [6.45, 7) is 8.64. The molecule has 2 N–H and O–H groups in total. The summed E-state index contributed by atoms with van der Waals surface area (Å²) in [5, 5.41) is 17.7. The molecule has 1 fully saturated rings. The highest BCUT2D eigenvalue weighted by molar-refractivity contribution is 5.86. The van der Waals surface area contributed by atoms with Gasteiger partial charge in [0.1, 0.15) is 11.6 Å². The van der Waals surface area contributed by atoms with Crippen molar-refractivity contribution >= 4 is 29.8 Å². The second kappa shape index (κ2) is 16.1. The van der Waals surface area contributed by atoms with Gasteiger partial charge in [-0.3, -0.25) is 14.4 Å². The molecule has 0 unspecified atom stereocenters. The summed E-state index contributed by atoms with van der Waals surface area (Å²) in [5.41, 5.74) is -0.609. The SMILES string of the molecule is C[C@@H](C(=O)O)N(C)C(=O)CCC(=O)N(CCOCCOCCC(=O)O)C1CCN(C(=O)OC(C)(C)C)CC1. The third-order valence-corrected chi connectivity index (χ3v) is 6.07. The first-order valence-corrected chi connectivity index (χ1v) is 12.9. The molecule has 218 valence electrons. The van der Waals surface area contributed by atoms with Gasteiger partial charge in [0, 0.05) is 45.6 Å². The summed E-state index contributed by atoms with van der Waals surface area (Å²) in [5.74, 6) is -2.77. The maximum atomic E-state index is 13.1. The average Bonchev–Trinajstić information content (AvgIpc) is 2.84. The van der Waals surface area contributed by atoms with Crippen LogP contribution >= 0.6 is 0 Å². The van der Waals surface area contributed by atoms with E-state index in [0.717, 1.165) is 4.90 Å². The van der Waals surface area contributed by atoms with Crippen LogP contribution in [0.1, 0.15) is 59.8 Å². The lowest BCUT2D eigenvalue weighted by Crippen LogP contribution is -2.50. The number of rotatable bonds is 15. The van der Waals surface area contributed by atoms with Crippen LogP contribution < -0.4 is 0 Å². The van der Waals surface area contributed by atoms with Gasteiger partial charge in [0.25, 0.3) is 0 Å². The van der Waals surface area contributed by atoms with Crippen LogP contribution in [0.25, 0.3) is 0 Å². The molecule has 0 spiro atoms. The van der Waals surface area contributed by atoms with Gasteiger partial charge >= 0.3 is 18.0 Å². The fourth-order valence-electron chi connectivity index (χ4n) is 3.76. The van der Waals surface area contributed by atoms with Crippen molar-refractivity contribution in [1.82, 2.24) is 14.7 Å². The standard InChI is InChI=1S/C25H43N3O10/c1-18(23(33)34)26(5)20(29)6-7-21(30)28(13-15-37-17-16-36-14-10-22(31)32)19-8-11-27(12-9-19)24(35)38-25(2,3)4/h18-19H,6-17H2,1-5H3,(H,31,32)(H,33,34)/t18-/m0/s1. The smallest absolute Gasteiger partial charge is 0.410 e. The molecule has 13 nitrogen and oxygen atoms in total. The Morgan fingerprint density at radius 3 is 1.97 bits per heavy atom. The van der Waals surface area contributed by atoms with E-state index in [9.17, 15) is 24.0 Å². The number of carboxylic acid groups (broad SMARTS) is 2. The van der Waals surface area contributed by atoms with E-state index in [4.69, 9.17) is 24.4 Å². The number of likely N-dealkylation sites (N-methyl/N-ethyl adjacent to an activating group) is 1. The number of nitrogens with zero attached hydrogens (tertiary/aromatic N) is 3. The molecule has 0 aromatic rings. The molecular formula is C25H43N3O10. The van der Waals surface area contributed by atoms with Gasteiger partial charge in [-0.2, -0.15) is 0 Å². The molecule has 3 amide bonds. The van der Waals surface area contributed by atoms with E-state index in [0.29, 0.717) is 25.9 Å². The molecule has 0 radical (unpaired) electrons. The van der Waals surface area contributed by atoms with E-state index in [-0.39, 0.29) is 64.2 Å². The number of carbonyl (C=O) groups is 5. The van der Waals surface area contributed by atoms with E-state index in [1.54, 1.807) is 30.6 Å². The topological polar surface area (TPSA) is 163 Å². The van der Waals surface area contributed by atoms with Crippen molar-refractivity contribution < 1.29 is 48.4 Å². The highest BCUT2D eigenvalue weighted by atomic mass is 16.6. The first kappa shape index (κ1) is 33.1. The number of piperidine rings is 1. The Morgan fingerprint density at radius 2 is 1.45 bits per heavy atom. The molecule has 38 heavy (non-hydrogen) atoms. The Balaban J connectivity index is 2.68. The minimum absolute atomic E-state index is 0.0832.